The molecule has 58 valence electrons. The number of hydrogen-bond donors (Lipinski definition) is 0. The maximum atomic E-state index is 10.2. The Bertz CT molecular complexity index is 248. The standard InChI is InChI=1S/C9H12NO/c1-8-5-9(2)7-10(6-8)3-4-11/h4-7H,3H2,1-2H3/q+1. The van der Waals surface area contributed by atoms with Gasteiger partial charge in [0.25, 0.3) is 0 Å². The Labute approximate surface area is 66.5 Å². The van der Waals surface area contributed by atoms with Crippen LogP contribution in [0, 0.1) is 13.8 Å². The molecule has 2 heteroatoms. The molecule has 11 heavy (non-hydrogen) atoms. The highest BCUT2D eigenvalue weighted by atomic mass is 16.1. The van der Waals surface area contributed by atoms with Crippen molar-refractivity contribution in [1.82, 2.24) is 0 Å². The van der Waals surface area contributed by atoms with Crippen molar-refractivity contribution in [3.8, 4) is 0 Å². The van der Waals surface area contributed by atoms with Gasteiger partial charge in [0.15, 0.2) is 18.7 Å². The third kappa shape index (κ3) is 2.15. The zero-order valence-electron chi connectivity index (χ0n) is 6.87. The lowest BCUT2D eigenvalue weighted by molar-refractivity contribution is -0.683. The molecule has 1 aromatic rings. The van der Waals surface area contributed by atoms with Gasteiger partial charge in [0.1, 0.15) is 0 Å². The van der Waals surface area contributed by atoms with Gasteiger partial charge >= 0.3 is 0 Å². The van der Waals surface area contributed by atoms with Gasteiger partial charge in [0.05, 0.1) is 0 Å². The van der Waals surface area contributed by atoms with E-state index in [0.717, 1.165) is 6.29 Å². The van der Waals surface area contributed by atoms with Gasteiger partial charge in [0.2, 0.25) is 6.54 Å². The molecular weight excluding hydrogens is 138 g/mol. The summed E-state index contributed by atoms with van der Waals surface area (Å²) in [5.74, 6) is 0. The summed E-state index contributed by atoms with van der Waals surface area (Å²) < 4.78 is 1.89. The number of nitrogens with zero attached hydrogens (tertiary/aromatic N) is 1. The molecule has 0 fully saturated rings. The smallest absolute Gasteiger partial charge is 0.203 e. The summed E-state index contributed by atoms with van der Waals surface area (Å²) in [6.07, 6.45) is 4.82. The number of rotatable bonds is 2. The number of aromatic nitrogens is 1. The van der Waals surface area contributed by atoms with Crippen molar-refractivity contribution >= 4 is 6.29 Å². The van der Waals surface area contributed by atoms with Gasteiger partial charge in [-0.25, -0.2) is 0 Å². The summed E-state index contributed by atoms with van der Waals surface area (Å²) in [6.45, 7) is 4.49. The summed E-state index contributed by atoms with van der Waals surface area (Å²) in [7, 11) is 0. The van der Waals surface area contributed by atoms with Gasteiger partial charge in [-0.05, 0) is 19.9 Å². The predicted octanol–water partition coefficient (Wildman–Crippen LogP) is 0.790. The first-order chi connectivity index (χ1) is 5.22. The Balaban J connectivity index is 2.98. The van der Waals surface area contributed by atoms with Crippen LogP contribution in [0.15, 0.2) is 18.5 Å². The Hall–Kier alpha value is -1.18. The first-order valence-electron chi connectivity index (χ1n) is 3.63. The maximum absolute atomic E-state index is 10.2. The highest BCUT2D eigenvalue weighted by molar-refractivity contribution is 5.46. The fraction of sp³-hybridized carbons (Fsp3) is 0.333. The quantitative estimate of drug-likeness (QED) is 0.451. The van der Waals surface area contributed by atoms with Crippen LogP contribution in [0.25, 0.3) is 0 Å². The average Bonchev–Trinajstić information content (AvgIpc) is 1.85. The normalized spacial score (nSPS) is 9.64. The van der Waals surface area contributed by atoms with Crippen molar-refractivity contribution in [1.29, 1.82) is 0 Å². The van der Waals surface area contributed by atoms with Crippen LogP contribution < -0.4 is 4.57 Å². The van der Waals surface area contributed by atoms with Gasteiger partial charge in [-0.1, -0.05) is 0 Å². The average molecular weight is 150 g/mol. The Morgan fingerprint density at radius 3 is 2.36 bits per heavy atom. The third-order valence-electron chi connectivity index (χ3n) is 1.48. The van der Waals surface area contributed by atoms with Crippen molar-refractivity contribution in [2.75, 3.05) is 0 Å². The minimum absolute atomic E-state index is 0.447. The molecule has 0 radical (unpaired) electrons. The first-order valence-corrected chi connectivity index (χ1v) is 3.63. The molecule has 0 aromatic carbocycles. The number of carbonyl (C=O) groups excluding carboxylic acids is 1. The molecule has 0 atom stereocenters. The number of hydrogen-bond acceptors (Lipinski definition) is 1. The van der Waals surface area contributed by atoms with E-state index in [-0.39, 0.29) is 0 Å². The van der Waals surface area contributed by atoms with Crippen LogP contribution in [-0.2, 0) is 11.3 Å². The number of pyridine rings is 1. The van der Waals surface area contributed by atoms with Crippen LogP contribution in [0.1, 0.15) is 11.1 Å². The van der Waals surface area contributed by atoms with Crippen LogP contribution in [0.3, 0.4) is 0 Å². The lowest BCUT2D eigenvalue weighted by atomic mass is 10.2. The third-order valence-corrected chi connectivity index (χ3v) is 1.48. The second-order valence-electron chi connectivity index (χ2n) is 2.75. The van der Waals surface area contributed by atoms with Gasteiger partial charge < -0.3 is 0 Å². The molecule has 1 rings (SSSR count). The largest absolute Gasteiger partial charge is 0.296 e. The minimum Gasteiger partial charge on any atom is -0.296 e. The molecule has 0 aliphatic heterocycles. The zero-order chi connectivity index (χ0) is 8.27. The van der Waals surface area contributed by atoms with Crippen LogP contribution in [0.2, 0.25) is 0 Å². The van der Waals surface area contributed by atoms with Crippen molar-refractivity contribution in [2.45, 2.75) is 20.4 Å². The van der Waals surface area contributed by atoms with E-state index in [0.29, 0.717) is 6.54 Å². The van der Waals surface area contributed by atoms with Crippen LogP contribution >= 0.6 is 0 Å². The van der Waals surface area contributed by atoms with E-state index >= 15 is 0 Å². The van der Waals surface area contributed by atoms with E-state index in [1.807, 2.05) is 30.8 Å². The summed E-state index contributed by atoms with van der Waals surface area (Å²) >= 11 is 0. The lowest BCUT2D eigenvalue weighted by Gasteiger charge is -1.94. The van der Waals surface area contributed by atoms with E-state index in [1.165, 1.54) is 11.1 Å². The van der Waals surface area contributed by atoms with Crippen molar-refractivity contribution in [2.24, 2.45) is 0 Å². The Kier molecular flexibility index (Phi) is 2.36. The van der Waals surface area contributed by atoms with E-state index in [9.17, 15) is 4.79 Å². The Morgan fingerprint density at radius 2 is 1.91 bits per heavy atom. The van der Waals surface area contributed by atoms with Crippen molar-refractivity contribution < 1.29 is 9.36 Å². The van der Waals surface area contributed by atoms with Gasteiger partial charge in [0, 0.05) is 11.1 Å². The molecule has 0 spiro atoms. The van der Waals surface area contributed by atoms with E-state index in [1.54, 1.807) is 0 Å². The van der Waals surface area contributed by atoms with Gasteiger partial charge in [-0.2, -0.15) is 4.57 Å². The molecular formula is C9H12NO+. The second kappa shape index (κ2) is 3.28. The lowest BCUT2D eigenvalue weighted by Crippen LogP contribution is -2.34. The van der Waals surface area contributed by atoms with Crippen molar-refractivity contribution in [3.63, 3.8) is 0 Å². The SMILES string of the molecule is Cc1cc(C)c[n+](CC=O)c1. The predicted molar refractivity (Wildman–Crippen MR) is 42.2 cm³/mol. The van der Waals surface area contributed by atoms with Gasteiger partial charge in [-0.15, -0.1) is 0 Å². The van der Waals surface area contributed by atoms with E-state index in [2.05, 4.69) is 6.07 Å². The molecule has 1 aromatic heterocycles. The number of carbonyl (C=O) groups is 1. The van der Waals surface area contributed by atoms with Gasteiger partial charge in [-0.3, -0.25) is 4.79 Å². The molecule has 0 aliphatic rings. The molecule has 0 saturated carbocycles. The summed E-state index contributed by atoms with van der Waals surface area (Å²) in [6, 6.07) is 2.08. The topological polar surface area (TPSA) is 20.9 Å². The van der Waals surface area contributed by atoms with Crippen LogP contribution in [0.4, 0.5) is 0 Å². The molecule has 2 nitrogen and oxygen atoms in total. The van der Waals surface area contributed by atoms with Crippen LogP contribution in [-0.4, -0.2) is 6.29 Å². The van der Waals surface area contributed by atoms with Crippen LogP contribution in [0.5, 0.6) is 0 Å². The van der Waals surface area contributed by atoms with E-state index in [4.69, 9.17) is 0 Å². The molecule has 1 heterocycles. The number of aldehydes is 1. The highest BCUT2D eigenvalue weighted by Gasteiger charge is 2.00. The van der Waals surface area contributed by atoms with E-state index < -0.39 is 0 Å². The summed E-state index contributed by atoms with van der Waals surface area (Å²) in [4.78, 5) is 10.2. The highest BCUT2D eigenvalue weighted by Crippen LogP contribution is 1.96. The minimum atomic E-state index is 0.447. The number of aryl methyl sites for hydroxylation is 2. The fourth-order valence-electron chi connectivity index (χ4n) is 1.19. The first kappa shape index (κ1) is 7.92. The fourth-order valence-corrected chi connectivity index (χ4v) is 1.19. The summed E-state index contributed by atoms with van der Waals surface area (Å²) in [5, 5.41) is 0. The molecule has 0 unspecified atom stereocenters. The molecule has 0 aliphatic carbocycles. The molecule has 0 amide bonds. The second-order valence-corrected chi connectivity index (χ2v) is 2.75. The van der Waals surface area contributed by atoms with Crippen molar-refractivity contribution in [3.05, 3.63) is 29.6 Å². The summed E-state index contributed by atoms with van der Waals surface area (Å²) in [5.41, 5.74) is 2.37. The monoisotopic (exact) mass is 150 g/mol. The molecule has 0 saturated heterocycles. The Morgan fingerprint density at radius 1 is 1.36 bits per heavy atom. The maximum Gasteiger partial charge on any atom is 0.203 e. The molecule has 0 N–H and O–H groups in total. The zero-order valence-corrected chi connectivity index (χ0v) is 6.87. The molecule has 0 bridgehead atoms.